The van der Waals surface area contributed by atoms with Crippen LogP contribution in [-0.2, 0) is 9.84 Å². The van der Waals surface area contributed by atoms with Crippen LogP contribution in [0.1, 0.15) is 0 Å². The molecule has 0 aliphatic heterocycles. The Bertz CT molecular complexity index is 696. The van der Waals surface area contributed by atoms with Crippen molar-refractivity contribution in [1.82, 2.24) is 0 Å². The highest BCUT2D eigenvalue weighted by Gasteiger charge is 2.16. The van der Waals surface area contributed by atoms with E-state index in [-0.39, 0.29) is 10.5 Å². The van der Waals surface area contributed by atoms with E-state index >= 15 is 0 Å². The number of hydrogen-bond donors (Lipinski definition) is 0. The molecule has 0 fully saturated rings. The number of hydrogen-bond acceptors (Lipinski definition) is 2. The molecule has 2 aromatic rings. The summed E-state index contributed by atoms with van der Waals surface area (Å²) in [5, 5.41) is 0. The highest BCUT2D eigenvalue weighted by Crippen LogP contribution is 2.30. The van der Waals surface area contributed by atoms with E-state index in [2.05, 4.69) is 15.9 Å². The highest BCUT2D eigenvalue weighted by atomic mass is 79.9. The lowest BCUT2D eigenvalue weighted by atomic mass is 10.1. The second-order valence-corrected chi connectivity index (χ2v) is 6.79. The third kappa shape index (κ3) is 2.62. The molecule has 0 saturated carbocycles. The molecule has 0 saturated heterocycles. The summed E-state index contributed by atoms with van der Waals surface area (Å²) in [4.78, 5) is 0.131. The van der Waals surface area contributed by atoms with Gasteiger partial charge in [-0.15, -0.1) is 0 Å². The van der Waals surface area contributed by atoms with E-state index in [1.54, 1.807) is 30.3 Å². The summed E-state index contributed by atoms with van der Waals surface area (Å²) in [6.45, 7) is 0. The van der Waals surface area contributed by atoms with Crippen LogP contribution in [0.5, 0.6) is 0 Å². The van der Waals surface area contributed by atoms with E-state index in [0.717, 1.165) is 6.26 Å². The third-order valence-corrected chi connectivity index (χ3v) is 4.16. The fourth-order valence-corrected chi connectivity index (χ4v) is 2.96. The number of benzene rings is 2. The molecular formula is C13H10BrFO2S. The smallest absolute Gasteiger partial charge is 0.176 e. The van der Waals surface area contributed by atoms with E-state index < -0.39 is 15.7 Å². The van der Waals surface area contributed by atoms with Gasteiger partial charge in [-0.25, -0.2) is 12.8 Å². The Morgan fingerprint density at radius 3 is 2.33 bits per heavy atom. The van der Waals surface area contributed by atoms with Crippen molar-refractivity contribution in [1.29, 1.82) is 0 Å². The van der Waals surface area contributed by atoms with Crippen molar-refractivity contribution in [2.45, 2.75) is 4.90 Å². The molecule has 0 amide bonds. The van der Waals surface area contributed by atoms with E-state index in [4.69, 9.17) is 0 Å². The van der Waals surface area contributed by atoms with Crippen molar-refractivity contribution >= 4 is 25.8 Å². The summed E-state index contributed by atoms with van der Waals surface area (Å²) in [5.74, 6) is -0.458. The second kappa shape index (κ2) is 4.82. The maximum Gasteiger partial charge on any atom is 0.176 e. The Balaban J connectivity index is 2.72. The van der Waals surface area contributed by atoms with Crippen LogP contribution in [0.2, 0.25) is 0 Å². The Morgan fingerprint density at radius 2 is 1.72 bits per heavy atom. The lowest BCUT2D eigenvalue weighted by molar-refractivity contribution is 0.602. The lowest BCUT2D eigenvalue weighted by Crippen LogP contribution is -2.00. The minimum absolute atomic E-state index is 0.131. The number of sulfone groups is 1. The van der Waals surface area contributed by atoms with Gasteiger partial charge in [0.1, 0.15) is 5.82 Å². The maximum atomic E-state index is 13.9. The minimum atomic E-state index is -3.39. The molecule has 0 aliphatic rings. The molecule has 2 aromatic carbocycles. The highest BCUT2D eigenvalue weighted by molar-refractivity contribution is 9.10. The monoisotopic (exact) mass is 328 g/mol. The van der Waals surface area contributed by atoms with Gasteiger partial charge < -0.3 is 0 Å². The summed E-state index contributed by atoms with van der Waals surface area (Å²) in [5.41, 5.74) is 0.657. The second-order valence-electron chi connectivity index (χ2n) is 3.89. The van der Waals surface area contributed by atoms with Crippen LogP contribution in [0.3, 0.4) is 0 Å². The van der Waals surface area contributed by atoms with E-state index in [0.29, 0.717) is 10.0 Å². The molecule has 94 valence electrons. The summed E-state index contributed by atoms with van der Waals surface area (Å²) in [6, 6.07) is 10.9. The molecule has 0 N–H and O–H groups in total. The van der Waals surface area contributed by atoms with E-state index in [1.807, 2.05) is 0 Å². The van der Waals surface area contributed by atoms with Crippen molar-refractivity contribution in [3.63, 3.8) is 0 Å². The minimum Gasteiger partial charge on any atom is -0.224 e. The summed E-state index contributed by atoms with van der Waals surface area (Å²) in [6.07, 6.45) is 1.11. The van der Waals surface area contributed by atoms with Crippen LogP contribution < -0.4 is 0 Å². The fourth-order valence-electron chi connectivity index (χ4n) is 1.72. The molecule has 0 atom stereocenters. The molecule has 0 unspecified atom stereocenters. The Labute approximate surface area is 114 Å². The third-order valence-electron chi connectivity index (χ3n) is 2.51. The molecule has 0 heterocycles. The van der Waals surface area contributed by atoms with Crippen LogP contribution in [0.25, 0.3) is 11.1 Å². The Hall–Kier alpha value is -1.20. The van der Waals surface area contributed by atoms with E-state index in [1.165, 1.54) is 12.1 Å². The number of rotatable bonds is 2. The number of halogens is 2. The zero-order valence-electron chi connectivity index (χ0n) is 9.52. The first-order valence-corrected chi connectivity index (χ1v) is 7.82. The molecule has 5 heteroatoms. The standard InChI is InChI=1S/C13H10BrFO2S/c1-18(16,17)13-5-3-2-4-11(13)10-7-6-9(14)8-12(10)15/h2-8H,1H3. The van der Waals surface area contributed by atoms with Crippen molar-refractivity contribution in [3.05, 3.63) is 52.8 Å². The first-order chi connectivity index (χ1) is 8.39. The Morgan fingerprint density at radius 1 is 1.06 bits per heavy atom. The predicted octanol–water partition coefficient (Wildman–Crippen LogP) is 3.66. The molecular weight excluding hydrogens is 319 g/mol. The van der Waals surface area contributed by atoms with Crippen LogP contribution in [0, 0.1) is 5.82 Å². The SMILES string of the molecule is CS(=O)(=O)c1ccccc1-c1ccc(Br)cc1F. The zero-order valence-corrected chi connectivity index (χ0v) is 11.9. The average Bonchev–Trinajstić information content (AvgIpc) is 2.28. The first-order valence-electron chi connectivity index (χ1n) is 5.14. The topological polar surface area (TPSA) is 34.1 Å². The van der Waals surface area contributed by atoms with Crippen LogP contribution >= 0.6 is 15.9 Å². The van der Waals surface area contributed by atoms with Gasteiger partial charge >= 0.3 is 0 Å². The molecule has 0 spiro atoms. The molecule has 18 heavy (non-hydrogen) atoms. The van der Waals surface area contributed by atoms with Crippen molar-refractivity contribution in [2.24, 2.45) is 0 Å². The molecule has 2 rings (SSSR count). The molecule has 0 aliphatic carbocycles. The molecule has 0 bridgehead atoms. The van der Waals surface area contributed by atoms with Gasteiger partial charge in [0.15, 0.2) is 9.84 Å². The van der Waals surface area contributed by atoms with Gasteiger partial charge in [-0.2, -0.15) is 0 Å². The largest absolute Gasteiger partial charge is 0.224 e. The molecule has 2 nitrogen and oxygen atoms in total. The van der Waals surface area contributed by atoms with Crippen LogP contribution in [0.4, 0.5) is 4.39 Å². The maximum absolute atomic E-state index is 13.9. The fraction of sp³-hybridized carbons (Fsp3) is 0.0769. The summed E-state index contributed by atoms with van der Waals surface area (Å²) >= 11 is 3.17. The van der Waals surface area contributed by atoms with Crippen molar-refractivity contribution in [3.8, 4) is 11.1 Å². The lowest BCUT2D eigenvalue weighted by Gasteiger charge is -2.09. The average molecular weight is 329 g/mol. The molecule has 0 radical (unpaired) electrons. The van der Waals surface area contributed by atoms with E-state index in [9.17, 15) is 12.8 Å². The zero-order chi connectivity index (χ0) is 13.3. The van der Waals surface area contributed by atoms with Gasteiger partial charge in [0.2, 0.25) is 0 Å². The van der Waals surface area contributed by atoms with Crippen molar-refractivity contribution in [2.75, 3.05) is 6.26 Å². The Kier molecular flexibility index (Phi) is 3.54. The predicted molar refractivity (Wildman–Crippen MR) is 72.6 cm³/mol. The van der Waals surface area contributed by atoms with Gasteiger partial charge in [-0.3, -0.25) is 0 Å². The van der Waals surface area contributed by atoms with Gasteiger partial charge in [0.25, 0.3) is 0 Å². The quantitative estimate of drug-likeness (QED) is 0.843. The first kappa shape index (κ1) is 13.2. The molecule has 0 aromatic heterocycles. The van der Waals surface area contributed by atoms with Gasteiger partial charge in [0, 0.05) is 21.9 Å². The summed E-state index contributed by atoms with van der Waals surface area (Å²) < 4.78 is 37.8. The van der Waals surface area contributed by atoms with Crippen LogP contribution in [0.15, 0.2) is 51.8 Å². The van der Waals surface area contributed by atoms with Gasteiger partial charge in [0.05, 0.1) is 4.90 Å². The van der Waals surface area contributed by atoms with Gasteiger partial charge in [-0.1, -0.05) is 40.2 Å². The summed E-state index contributed by atoms with van der Waals surface area (Å²) in [7, 11) is -3.39. The van der Waals surface area contributed by atoms with Gasteiger partial charge in [-0.05, 0) is 18.2 Å². The van der Waals surface area contributed by atoms with Crippen LogP contribution in [-0.4, -0.2) is 14.7 Å². The van der Waals surface area contributed by atoms with Crippen molar-refractivity contribution < 1.29 is 12.8 Å². The normalized spacial score (nSPS) is 11.5.